The maximum Gasteiger partial charge on any atom is 0.336 e. The summed E-state index contributed by atoms with van der Waals surface area (Å²) in [5.74, 6) is -1.33. The molecule has 0 atom stereocenters. The van der Waals surface area contributed by atoms with E-state index >= 15 is 0 Å². The number of rotatable bonds is 4. The molecule has 0 aromatic heterocycles. The van der Waals surface area contributed by atoms with Crippen molar-refractivity contribution in [3.8, 4) is 0 Å². The van der Waals surface area contributed by atoms with Gasteiger partial charge < -0.3 is 10.4 Å². The Bertz CT molecular complexity index is 658. The summed E-state index contributed by atoms with van der Waals surface area (Å²) in [5, 5.41) is 12.2. The highest BCUT2D eigenvalue weighted by molar-refractivity contribution is 9.10. The molecular weight excluding hydrogens is 325 g/mol. The molecule has 104 valence electrons. The molecule has 0 radical (unpaired) electrons. The number of nitrogens with one attached hydrogen (secondary N) is 1. The second kappa shape index (κ2) is 6.05. The largest absolute Gasteiger partial charge is 0.478 e. The first-order valence-corrected chi connectivity index (χ1v) is 6.79. The molecular formula is C15H13BrFNO2. The van der Waals surface area contributed by atoms with Gasteiger partial charge in [0.25, 0.3) is 0 Å². The number of carboxylic acid groups (broad SMARTS) is 1. The molecule has 2 N–H and O–H groups in total. The maximum absolute atomic E-state index is 13.5. The van der Waals surface area contributed by atoms with E-state index in [2.05, 4.69) is 21.2 Å². The maximum atomic E-state index is 13.5. The Balaban J connectivity index is 2.21. The standard InChI is InChI=1S/C15H13BrFNO2/c1-9-6-12(16)13(17)7-14(9)18-8-10-4-2-3-5-11(10)15(19)20/h2-7,18H,8H2,1H3,(H,19,20). The van der Waals surface area contributed by atoms with Crippen molar-refractivity contribution in [1.29, 1.82) is 0 Å². The lowest BCUT2D eigenvalue weighted by Gasteiger charge is -2.12. The van der Waals surface area contributed by atoms with Gasteiger partial charge in [0.2, 0.25) is 0 Å². The zero-order chi connectivity index (χ0) is 14.7. The van der Waals surface area contributed by atoms with Gasteiger partial charge >= 0.3 is 5.97 Å². The Kier molecular flexibility index (Phi) is 4.39. The van der Waals surface area contributed by atoms with E-state index in [-0.39, 0.29) is 11.4 Å². The first-order valence-electron chi connectivity index (χ1n) is 5.99. The number of hydrogen-bond acceptors (Lipinski definition) is 2. The number of anilines is 1. The van der Waals surface area contributed by atoms with Gasteiger partial charge in [0.05, 0.1) is 10.0 Å². The van der Waals surface area contributed by atoms with Crippen LogP contribution in [0.5, 0.6) is 0 Å². The van der Waals surface area contributed by atoms with Crippen LogP contribution in [0.25, 0.3) is 0 Å². The highest BCUT2D eigenvalue weighted by Crippen LogP contribution is 2.24. The monoisotopic (exact) mass is 337 g/mol. The van der Waals surface area contributed by atoms with Crippen molar-refractivity contribution >= 4 is 27.6 Å². The molecule has 0 aliphatic heterocycles. The molecule has 5 heteroatoms. The van der Waals surface area contributed by atoms with Gasteiger partial charge in [-0.2, -0.15) is 0 Å². The molecule has 2 aromatic rings. The zero-order valence-electron chi connectivity index (χ0n) is 10.8. The van der Waals surface area contributed by atoms with Crippen molar-refractivity contribution in [3.63, 3.8) is 0 Å². The van der Waals surface area contributed by atoms with Crippen molar-refractivity contribution in [2.75, 3.05) is 5.32 Å². The fourth-order valence-corrected chi connectivity index (χ4v) is 2.37. The molecule has 0 unspecified atom stereocenters. The van der Waals surface area contributed by atoms with Crippen LogP contribution < -0.4 is 5.32 Å². The molecule has 0 fully saturated rings. The molecule has 0 spiro atoms. The summed E-state index contributed by atoms with van der Waals surface area (Å²) in [6.07, 6.45) is 0. The molecule has 2 rings (SSSR count). The fraction of sp³-hybridized carbons (Fsp3) is 0.133. The normalized spacial score (nSPS) is 10.3. The molecule has 0 aliphatic carbocycles. The first-order chi connectivity index (χ1) is 9.49. The number of carboxylic acids is 1. The Hall–Kier alpha value is -1.88. The van der Waals surface area contributed by atoms with E-state index in [4.69, 9.17) is 5.11 Å². The van der Waals surface area contributed by atoms with Crippen LogP contribution in [0.15, 0.2) is 40.9 Å². The van der Waals surface area contributed by atoms with Crippen molar-refractivity contribution in [2.45, 2.75) is 13.5 Å². The van der Waals surface area contributed by atoms with E-state index in [1.165, 1.54) is 6.07 Å². The minimum Gasteiger partial charge on any atom is -0.478 e. The van der Waals surface area contributed by atoms with Gasteiger partial charge in [0.1, 0.15) is 5.82 Å². The molecule has 2 aromatic carbocycles. The smallest absolute Gasteiger partial charge is 0.336 e. The Morgan fingerprint density at radius 1 is 1.35 bits per heavy atom. The number of hydrogen-bond donors (Lipinski definition) is 2. The Labute approximate surface area is 124 Å². The molecule has 0 heterocycles. The zero-order valence-corrected chi connectivity index (χ0v) is 12.4. The molecule has 0 bridgehead atoms. The van der Waals surface area contributed by atoms with Crippen molar-refractivity contribution < 1.29 is 14.3 Å². The summed E-state index contributed by atoms with van der Waals surface area (Å²) in [7, 11) is 0. The second-order valence-corrected chi connectivity index (χ2v) is 5.25. The molecule has 0 saturated heterocycles. The van der Waals surface area contributed by atoms with E-state index in [1.54, 1.807) is 30.3 Å². The summed E-state index contributed by atoms with van der Waals surface area (Å²) >= 11 is 3.13. The highest BCUT2D eigenvalue weighted by atomic mass is 79.9. The van der Waals surface area contributed by atoms with Crippen LogP contribution in [-0.4, -0.2) is 11.1 Å². The van der Waals surface area contributed by atoms with Gasteiger partial charge in [-0.05, 0) is 52.2 Å². The first kappa shape index (κ1) is 14.5. The predicted octanol–water partition coefficient (Wildman–Crippen LogP) is 4.21. The Morgan fingerprint density at radius 2 is 2.05 bits per heavy atom. The molecule has 20 heavy (non-hydrogen) atoms. The van der Waals surface area contributed by atoms with Gasteiger partial charge in [-0.15, -0.1) is 0 Å². The minimum atomic E-state index is -0.971. The number of carbonyl (C=O) groups is 1. The lowest BCUT2D eigenvalue weighted by molar-refractivity contribution is 0.0696. The summed E-state index contributed by atoms with van der Waals surface area (Å²) in [5.41, 5.74) is 2.43. The molecule has 0 aliphatic rings. The third-order valence-corrected chi connectivity index (χ3v) is 3.59. The van der Waals surface area contributed by atoms with Gasteiger partial charge in [0.15, 0.2) is 0 Å². The summed E-state index contributed by atoms with van der Waals surface area (Å²) in [4.78, 5) is 11.1. The quantitative estimate of drug-likeness (QED) is 0.878. The van der Waals surface area contributed by atoms with Crippen LogP contribution in [0, 0.1) is 12.7 Å². The van der Waals surface area contributed by atoms with Crippen LogP contribution in [0.3, 0.4) is 0 Å². The summed E-state index contributed by atoms with van der Waals surface area (Å²) < 4.78 is 13.9. The van der Waals surface area contributed by atoms with Crippen LogP contribution >= 0.6 is 15.9 Å². The topological polar surface area (TPSA) is 49.3 Å². The van der Waals surface area contributed by atoms with Gasteiger partial charge in [-0.3, -0.25) is 0 Å². The average molecular weight is 338 g/mol. The SMILES string of the molecule is Cc1cc(Br)c(F)cc1NCc1ccccc1C(=O)O. The van der Waals surface area contributed by atoms with E-state index in [1.807, 2.05) is 6.92 Å². The molecule has 3 nitrogen and oxygen atoms in total. The fourth-order valence-electron chi connectivity index (χ4n) is 1.91. The van der Waals surface area contributed by atoms with Gasteiger partial charge in [-0.25, -0.2) is 9.18 Å². The highest BCUT2D eigenvalue weighted by Gasteiger charge is 2.10. The van der Waals surface area contributed by atoms with E-state index < -0.39 is 5.97 Å². The van der Waals surface area contributed by atoms with E-state index in [0.717, 1.165) is 5.56 Å². The lowest BCUT2D eigenvalue weighted by atomic mass is 10.1. The van der Waals surface area contributed by atoms with Gasteiger partial charge in [0, 0.05) is 12.2 Å². The summed E-state index contributed by atoms with van der Waals surface area (Å²) in [6.45, 7) is 2.18. The minimum absolute atomic E-state index is 0.246. The number of aryl methyl sites for hydroxylation is 1. The number of benzene rings is 2. The van der Waals surface area contributed by atoms with Gasteiger partial charge in [-0.1, -0.05) is 18.2 Å². The average Bonchev–Trinajstić information content (AvgIpc) is 2.41. The van der Waals surface area contributed by atoms with Crippen LogP contribution in [0.4, 0.5) is 10.1 Å². The predicted molar refractivity (Wildman–Crippen MR) is 79.6 cm³/mol. The number of aromatic carboxylic acids is 1. The number of halogens is 2. The lowest BCUT2D eigenvalue weighted by Crippen LogP contribution is -2.08. The van der Waals surface area contributed by atoms with Crippen molar-refractivity contribution in [2.24, 2.45) is 0 Å². The molecule has 0 amide bonds. The van der Waals surface area contributed by atoms with Crippen LogP contribution in [-0.2, 0) is 6.54 Å². The van der Waals surface area contributed by atoms with Crippen LogP contribution in [0.2, 0.25) is 0 Å². The third-order valence-electron chi connectivity index (χ3n) is 2.98. The summed E-state index contributed by atoms with van der Waals surface area (Å²) in [6, 6.07) is 9.81. The van der Waals surface area contributed by atoms with E-state index in [0.29, 0.717) is 22.3 Å². The van der Waals surface area contributed by atoms with Crippen molar-refractivity contribution in [3.05, 3.63) is 63.4 Å². The Morgan fingerprint density at radius 3 is 2.75 bits per heavy atom. The van der Waals surface area contributed by atoms with Crippen molar-refractivity contribution in [1.82, 2.24) is 0 Å². The third kappa shape index (κ3) is 3.17. The van der Waals surface area contributed by atoms with E-state index in [9.17, 15) is 9.18 Å². The second-order valence-electron chi connectivity index (χ2n) is 4.40. The molecule has 0 saturated carbocycles. The van der Waals surface area contributed by atoms with Crippen LogP contribution in [0.1, 0.15) is 21.5 Å².